The smallest absolute Gasteiger partial charge is 0.744 e. The predicted molar refractivity (Wildman–Crippen MR) is 521 cm³/mol. The van der Waals surface area contributed by atoms with Crippen LogP contribution in [0.25, 0.3) is 0 Å². The van der Waals surface area contributed by atoms with Crippen LogP contribution < -0.4 is 50.6 Å². The number of carbonyl (C=O) groups is 8. The number of hydrogen-bond donors (Lipinski definition) is 4. The number of amides is 6. The van der Waals surface area contributed by atoms with Crippen molar-refractivity contribution in [2.75, 3.05) is 158 Å². The van der Waals surface area contributed by atoms with E-state index in [2.05, 4.69) is 39.7 Å². The van der Waals surface area contributed by atoms with E-state index in [0.29, 0.717) is 117 Å². The summed E-state index contributed by atoms with van der Waals surface area (Å²) in [6.45, 7) is 9.04. The molecule has 3 atom stereocenters. The van der Waals surface area contributed by atoms with E-state index in [0.717, 1.165) is 82.3 Å². The van der Waals surface area contributed by atoms with E-state index < -0.39 is 102 Å². The topological polar surface area (TPSA) is 500 Å². The standard InChI is InChI=1S/C53H61Cl4N5O10S2.C23H30Cl2N2O4S.C16H12N2O11S.CH4.Na.O3S/c1-61-32-46(44-28-40(54)30-50(56)48(44)34-61)36-7-11-42(12-8-36)73(65,66)26-4-18-69-22-23-70-19-15-58-52(63)38-5-3-6-39(27-38)53(64)59-16-20-71-24-25-72-21-17-60-74(67,68)43-13-9-37(10-14-43)47-33-62(2)35-49-45(47)29-41(55)31-51(49)57;1-27-15-21(20-13-18(24)14-23(25)22(20)16-27)17-3-5-19(6-4-17)32(28,29)12-2-8-30-10-11-31-9-7-26;19-11-1-2-12(20)17(11)28-15(23)8-5-9(7-10(6-8)30(25,26)27)16(24)29-18-13(21)3-4-14(18)22;;;1-4(2)3/h3,5-14,27-31,46-47,60H,4,15-26,32-35H2,1-2H3,(H,58,63)(H,59,64);3-6,13-14,21H,2,7-12,15-16,26H2,1H3;5-7H,1-4H2,(H,25,26,27);1H4;;/q;;;;+1;/p-1. The molecule has 2 fully saturated rings. The van der Waals surface area contributed by atoms with Gasteiger partial charge in [0, 0.05) is 163 Å². The van der Waals surface area contributed by atoms with Crippen molar-refractivity contribution < 1.29 is 157 Å². The summed E-state index contributed by atoms with van der Waals surface area (Å²) >= 11 is 38.4. The van der Waals surface area contributed by atoms with Gasteiger partial charge in [0.2, 0.25) is 10.0 Å². The zero-order valence-corrected chi connectivity index (χ0v) is 87.6. The Labute approximate surface area is 877 Å². The number of hydroxylamine groups is 4. The zero-order chi connectivity index (χ0) is 102. The van der Waals surface area contributed by atoms with Crippen LogP contribution in [0.3, 0.4) is 0 Å². The van der Waals surface area contributed by atoms with Crippen molar-refractivity contribution in [3.63, 3.8) is 0 Å². The van der Waals surface area contributed by atoms with Gasteiger partial charge in [0.25, 0.3) is 35.4 Å². The van der Waals surface area contributed by atoms with Crippen molar-refractivity contribution in [1.82, 2.24) is 40.2 Å². The molecule has 8 aromatic carbocycles. The van der Waals surface area contributed by atoms with E-state index in [4.69, 9.17) is 116 Å². The number of nitrogens with zero attached hydrogens (tertiary/aromatic N) is 5. The van der Waals surface area contributed by atoms with Crippen LogP contribution in [0.1, 0.15) is 155 Å². The van der Waals surface area contributed by atoms with Gasteiger partial charge in [-0.3, -0.25) is 28.8 Å². The van der Waals surface area contributed by atoms with Gasteiger partial charge in [-0.25, -0.2) is 48.0 Å². The fourth-order valence-electron chi connectivity index (χ4n) is 15.4. The Kier molecular flexibility index (Phi) is 47.3. The van der Waals surface area contributed by atoms with Gasteiger partial charge in [0.15, 0.2) is 19.7 Å². The van der Waals surface area contributed by atoms with E-state index in [-0.39, 0.29) is 196 Å². The Balaban J connectivity index is 0.000000297. The van der Waals surface area contributed by atoms with Gasteiger partial charge in [0.1, 0.15) is 10.1 Å². The van der Waals surface area contributed by atoms with Crippen molar-refractivity contribution in [3.8, 4) is 0 Å². The number of nitrogens with two attached hydrogens (primary N) is 1. The Morgan fingerprint density at radius 2 is 0.711 bits per heavy atom. The number of imide groups is 2. The van der Waals surface area contributed by atoms with E-state index >= 15 is 0 Å². The normalized spacial score (nSPS) is 16.0. The third-order valence-corrected chi connectivity index (χ3v) is 29.7. The second-order valence-electron chi connectivity index (χ2n) is 32.4. The third kappa shape index (κ3) is 35.2. The molecule has 49 heteroatoms. The van der Waals surface area contributed by atoms with Gasteiger partial charge in [-0.2, -0.15) is 0 Å². The van der Waals surface area contributed by atoms with Crippen LogP contribution in [-0.4, -0.2) is 281 Å². The Morgan fingerprint density at radius 1 is 0.408 bits per heavy atom. The van der Waals surface area contributed by atoms with E-state index in [1.165, 1.54) is 6.07 Å². The second kappa shape index (κ2) is 56.5. The first-order valence-electron chi connectivity index (χ1n) is 43.6. The molecule has 142 heavy (non-hydrogen) atoms. The van der Waals surface area contributed by atoms with Crippen LogP contribution >= 0.6 is 69.6 Å². The monoisotopic (exact) mass is 2190 g/mol. The van der Waals surface area contributed by atoms with E-state index in [9.17, 15) is 76.6 Å². The number of sulfone groups is 2. The third-order valence-electron chi connectivity index (χ3n) is 22.2. The van der Waals surface area contributed by atoms with Crippen LogP contribution in [0, 0.1) is 0 Å². The number of halogens is 6. The predicted octanol–water partition coefficient (Wildman–Crippen LogP) is 7.22. The number of fused-ring (bicyclic) bond motifs is 3. The molecule has 0 aliphatic carbocycles. The summed E-state index contributed by atoms with van der Waals surface area (Å²) < 4.78 is 172. The van der Waals surface area contributed by atoms with Crippen molar-refractivity contribution in [3.05, 3.63) is 254 Å². The fraction of sp³-hybridized carbons (Fsp3) is 0.398. The summed E-state index contributed by atoms with van der Waals surface area (Å²) in [4.78, 5) is 112. The quantitative estimate of drug-likeness (QED) is 0.0127. The molecular formula is C93H106Cl6N9NaO28S5. The Morgan fingerprint density at radius 3 is 1.04 bits per heavy atom. The largest absolute Gasteiger partial charge is 1.00 e. The molecule has 0 radical (unpaired) electrons. The number of likely N-dealkylation sites (N-methyl/N-ethyl adjacent to an activating group) is 3. The summed E-state index contributed by atoms with van der Waals surface area (Å²) in [5.41, 5.74) is 13.9. The first-order valence-corrected chi connectivity index (χ1v) is 53.1. The summed E-state index contributed by atoms with van der Waals surface area (Å²) in [6, 6.07) is 40.3. The number of sulfonamides is 1. The maximum absolute atomic E-state index is 13.1. The van der Waals surface area contributed by atoms with Gasteiger partial charge >= 0.3 is 52.1 Å². The van der Waals surface area contributed by atoms with Crippen molar-refractivity contribution in [2.24, 2.45) is 5.73 Å². The zero-order valence-electron chi connectivity index (χ0n) is 76.9. The maximum atomic E-state index is 13.1. The van der Waals surface area contributed by atoms with Gasteiger partial charge < -0.3 is 73.7 Å². The van der Waals surface area contributed by atoms with Gasteiger partial charge in [0.05, 0.1) is 108 Å². The molecule has 0 saturated carbocycles. The number of benzene rings is 8. The van der Waals surface area contributed by atoms with Crippen molar-refractivity contribution in [1.29, 1.82) is 0 Å². The number of nitrogens with one attached hydrogen (secondary N) is 3. The molecule has 0 spiro atoms. The minimum atomic E-state index is -5.17. The van der Waals surface area contributed by atoms with Crippen LogP contribution in [0.2, 0.25) is 30.1 Å². The first kappa shape index (κ1) is 119. The second-order valence-corrected chi connectivity index (χ2v) is 42.7. The minimum Gasteiger partial charge on any atom is -0.744 e. The average molecular weight is 2190 g/mol. The molecule has 0 bridgehead atoms. The van der Waals surface area contributed by atoms with Crippen LogP contribution in [-0.2, 0) is 127 Å². The molecule has 5 heterocycles. The van der Waals surface area contributed by atoms with Crippen LogP contribution in [0.15, 0.2) is 171 Å². The molecule has 6 amide bonds. The summed E-state index contributed by atoms with van der Waals surface area (Å²) in [5.74, 6) is -6.75. The summed E-state index contributed by atoms with van der Waals surface area (Å²) in [7, 11) is -12.8. The average Bonchev–Trinajstić information content (AvgIpc) is 1.55. The molecule has 5 aliphatic rings. The molecule has 37 nitrogen and oxygen atoms in total. The van der Waals surface area contributed by atoms with Crippen LogP contribution in [0.5, 0.6) is 0 Å². The Bertz CT molecular complexity index is 6120. The summed E-state index contributed by atoms with van der Waals surface area (Å²) in [5, 5.41) is 9.55. The summed E-state index contributed by atoms with van der Waals surface area (Å²) in [6.07, 6.45) is -0.0436. The van der Waals surface area contributed by atoms with Crippen LogP contribution in [0.4, 0.5) is 0 Å². The number of carbonyl (C=O) groups excluding carboxylic acids is 8. The fourth-order valence-corrected chi connectivity index (χ4v) is 21.3. The molecule has 0 aromatic heterocycles. The van der Waals surface area contributed by atoms with E-state index in [1.807, 2.05) is 75.7 Å². The number of rotatable bonds is 42. The molecule has 764 valence electrons. The van der Waals surface area contributed by atoms with E-state index in [1.54, 1.807) is 72.8 Å². The molecule has 13 rings (SSSR count). The number of hydrogen-bond acceptors (Lipinski definition) is 32. The molecule has 5 aliphatic heterocycles. The van der Waals surface area contributed by atoms with Gasteiger partial charge in [-0.05, 0) is 193 Å². The number of ether oxygens (including phenoxy) is 6. The SMILES string of the molecule is C.CN1Cc2c(Cl)cc(Cl)cc2C(c2ccc(S(=O)(=O)CCCOCCOCCN)cc2)C1.CN1Cc2c(Cl)cc(Cl)cc2C(c2ccc(S(=O)(=O)CCCOCCOCCNC(=O)c3cccc(C(=O)NCCOCCOCCNS(=O)(=O)c4ccc(C5CN(C)Cc6c(Cl)cc(Cl)cc65)cc4)c3)cc2)C1.O=C(ON1C(=O)CCC1=O)c1cc(C(=O)ON2C(=O)CCC2=O)cc(S(=O)(=O)[O-])c1.O=S(=O)=O.[Na+]. The Hall–Kier alpha value is -8.40. The molecular weight excluding hydrogens is 2090 g/mol. The molecule has 3 unspecified atom stereocenters. The molecule has 8 aromatic rings. The molecule has 2 saturated heterocycles. The minimum absolute atomic E-state index is 0. The maximum Gasteiger partial charge on any atom is 1.00 e. The van der Waals surface area contributed by atoms with Crippen molar-refractivity contribution >= 4 is 167 Å². The van der Waals surface area contributed by atoms with Gasteiger partial charge in [-0.15, -0.1) is 22.8 Å². The first-order chi connectivity index (χ1) is 66.5. The van der Waals surface area contributed by atoms with Crippen molar-refractivity contribution in [2.45, 2.75) is 103 Å². The van der Waals surface area contributed by atoms with Gasteiger partial charge in [-0.1, -0.05) is 119 Å². The molecule has 5 N–H and O–H groups in total.